The maximum Gasteiger partial charge on any atom is 0.208 e. The number of benzene rings is 1. The summed E-state index contributed by atoms with van der Waals surface area (Å²) in [6, 6.07) is 5.32. The minimum atomic E-state index is 0.143. The Morgan fingerprint density at radius 2 is 2.11 bits per heavy atom. The average molecular weight is 262 g/mol. The van der Waals surface area contributed by atoms with Gasteiger partial charge in [0.25, 0.3) is 0 Å². The molecule has 0 aliphatic carbocycles. The van der Waals surface area contributed by atoms with Gasteiger partial charge in [0.1, 0.15) is 5.76 Å². The number of phenols is 1. The maximum absolute atomic E-state index is 9.66. The molecule has 0 unspecified atom stereocenters. The lowest BCUT2D eigenvalue weighted by Gasteiger charge is -2.06. The number of hydrogen-bond acceptors (Lipinski definition) is 5. The second kappa shape index (κ2) is 5.75. The molecule has 1 aromatic heterocycles. The molecule has 0 fully saturated rings. The van der Waals surface area contributed by atoms with Gasteiger partial charge in [0.15, 0.2) is 11.5 Å². The van der Waals surface area contributed by atoms with Gasteiger partial charge in [-0.3, -0.25) is 0 Å². The van der Waals surface area contributed by atoms with Gasteiger partial charge >= 0.3 is 0 Å². The number of rotatable bonds is 5. The molecule has 0 amide bonds. The van der Waals surface area contributed by atoms with E-state index in [0.717, 1.165) is 17.0 Å². The van der Waals surface area contributed by atoms with Gasteiger partial charge in [-0.15, -0.1) is 0 Å². The molecule has 0 radical (unpaired) electrons. The summed E-state index contributed by atoms with van der Waals surface area (Å²) in [4.78, 5) is 4.29. The van der Waals surface area contributed by atoms with E-state index < -0.39 is 0 Å². The molecule has 2 N–H and O–H groups in total. The molecule has 0 atom stereocenters. The highest BCUT2D eigenvalue weighted by Crippen LogP contribution is 2.26. The number of methoxy groups -OCH3 is 1. The van der Waals surface area contributed by atoms with Crippen molar-refractivity contribution < 1.29 is 14.3 Å². The third-order valence-corrected chi connectivity index (χ3v) is 2.92. The summed E-state index contributed by atoms with van der Waals surface area (Å²) in [5.41, 5.74) is 1.89. The van der Waals surface area contributed by atoms with Crippen LogP contribution < -0.4 is 10.1 Å². The Bertz CT molecular complexity index is 544. The molecular weight excluding hydrogens is 244 g/mol. The van der Waals surface area contributed by atoms with Gasteiger partial charge in [-0.05, 0) is 31.5 Å². The van der Waals surface area contributed by atoms with Crippen molar-refractivity contribution in [2.24, 2.45) is 0 Å². The van der Waals surface area contributed by atoms with Gasteiger partial charge in [-0.25, -0.2) is 4.98 Å². The van der Waals surface area contributed by atoms with Gasteiger partial charge < -0.3 is 19.6 Å². The van der Waals surface area contributed by atoms with Crippen LogP contribution in [0.2, 0.25) is 0 Å². The molecule has 19 heavy (non-hydrogen) atoms. The van der Waals surface area contributed by atoms with Crippen LogP contribution in [0.3, 0.4) is 0 Å². The molecule has 2 aromatic rings. The fourth-order valence-corrected chi connectivity index (χ4v) is 1.77. The normalized spacial score (nSPS) is 10.7. The van der Waals surface area contributed by atoms with Crippen LogP contribution in [0.15, 0.2) is 22.6 Å². The van der Waals surface area contributed by atoms with Crippen molar-refractivity contribution in [2.45, 2.75) is 26.9 Å². The third-order valence-electron chi connectivity index (χ3n) is 2.92. The maximum atomic E-state index is 9.66. The molecule has 0 aliphatic heterocycles. The topological polar surface area (TPSA) is 67.5 Å². The van der Waals surface area contributed by atoms with E-state index in [4.69, 9.17) is 9.15 Å². The van der Waals surface area contributed by atoms with Crippen molar-refractivity contribution in [1.29, 1.82) is 0 Å². The lowest BCUT2D eigenvalue weighted by Crippen LogP contribution is -2.12. The smallest absolute Gasteiger partial charge is 0.208 e. The van der Waals surface area contributed by atoms with Crippen LogP contribution in [0.4, 0.5) is 0 Å². The second-order valence-corrected chi connectivity index (χ2v) is 4.36. The van der Waals surface area contributed by atoms with E-state index in [9.17, 15) is 5.11 Å². The Labute approximate surface area is 112 Å². The zero-order chi connectivity index (χ0) is 13.8. The summed E-state index contributed by atoms with van der Waals surface area (Å²) in [5, 5.41) is 12.9. The van der Waals surface area contributed by atoms with E-state index in [1.54, 1.807) is 12.1 Å². The Morgan fingerprint density at radius 3 is 2.68 bits per heavy atom. The molecule has 0 saturated heterocycles. The molecule has 1 aromatic carbocycles. The second-order valence-electron chi connectivity index (χ2n) is 4.36. The largest absolute Gasteiger partial charge is 0.504 e. The summed E-state index contributed by atoms with van der Waals surface area (Å²) in [6.07, 6.45) is 0. The van der Waals surface area contributed by atoms with Gasteiger partial charge in [-0.1, -0.05) is 6.07 Å². The molecule has 0 aliphatic rings. The van der Waals surface area contributed by atoms with E-state index in [1.165, 1.54) is 7.11 Å². The Balaban J connectivity index is 1.90. The van der Waals surface area contributed by atoms with Crippen molar-refractivity contribution >= 4 is 0 Å². The highest BCUT2D eigenvalue weighted by molar-refractivity contribution is 5.41. The minimum absolute atomic E-state index is 0.143. The van der Waals surface area contributed by atoms with E-state index >= 15 is 0 Å². The SMILES string of the molecule is COc1ccc(CNCc2nc(C)c(C)o2)cc1O. The van der Waals surface area contributed by atoms with E-state index in [2.05, 4.69) is 10.3 Å². The predicted molar refractivity (Wildman–Crippen MR) is 71.2 cm³/mol. The molecule has 2 rings (SSSR count). The third kappa shape index (κ3) is 3.26. The van der Waals surface area contributed by atoms with Crippen LogP contribution >= 0.6 is 0 Å². The Hall–Kier alpha value is -2.01. The van der Waals surface area contributed by atoms with Crippen molar-refractivity contribution in [1.82, 2.24) is 10.3 Å². The monoisotopic (exact) mass is 262 g/mol. The molecule has 0 bridgehead atoms. The summed E-state index contributed by atoms with van der Waals surface area (Å²) in [7, 11) is 1.53. The lowest BCUT2D eigenvalue weighted by molar-refractivity contribution is 0.373. The quantitative estimate of drug-likeness (QED) is 0.865. The van der Waals surface area contributed by atoms with Crippen LogP contribution in [-0.4, -0.2) is 17.2 Å². The van der Waals surface area contributed by atoms with Crippen molar-refractivity contribution in [3.05, 3.63) is 41.1 Å². The zero-order valence-corrected chi connectivity index (χ0v) is 11.4. The summed E-state index contributed by atoms with van der Waals surface area (Å²) < 4.78 is 10.5. The highest BCUT2D eigenvalue weighted by Gasteiger charge is 2.06. The Morgan fingerprint density at radius 1 is 1.32 bits per heavy atom. The lowest BCUT2D eigenvalue weighted by atomic mass is 10.2. The number of aromatic hydroxyl groups is 1. The number of nitrogens with one attached hydrogen (secondary N) is 1. The summed E-state index contributed by atoms with van der Waals surface area (Å²) >= 11 is 0. The zero-order valence-electron chi connectivity index (χ0n) is 11.4. The van der Waals surface area contributed by atoms with E-state index in [-0.39, 0.29) is 5.75 Å². The molecule has 102 valence electrons. The molecule has 5 heteroatoms. The number of aryl methyl sites for hydroxylation is 2. The van der Waals surface area contributed by atoms with Crippen LogP contribution in [0, 0.1) is 13.8 Å². The first-order valence-corrected chi connectivity index (χ1v) is 6.09. The van der Waals surface area contributed by atoms with Gasteiger partial charge in [0, 0.05) is 6.54 Å². The van der Waals surface area contributed by atoms with Crippen molar-refractivity contribution in [3.63, 3.8) is 0 Å². The van der Waals surface area contributed by atoms with Gasteiger partial charge in [-0.2, -0.15) is 0 Å². The average Bonchev–Trinajstić information content (AvgIpc) is 2.69. The van der Waals surface area contributed by atoms with Crippen LogP contribution in [0.1, 0.15) is 22.9 Å². The van der Waals surface area contributed by atoms with Crippen molar-refractivity contribution in [3.8, 4) is 11.5 Å². The predicted octanol–water partition coefficient (Wildman–Crippen LogP) is 2.30. The minimum Gasteiger partial charge on any atom is -0.504 e. The van der Waals surface area contributed by atoms with Crippen LogP contribution in [0.25, 0.3) is 0 Å². The molecule has 5 nitrogen and oxygen atoms in total. The number of nitrogens with zero attached hydrogens (tertiary/aromatic N) is 1. The Kier molecular flexibility index (Phi) is 4.06. The fourth-order valence-electron chi connectivity index (χ4n) is 1.77. The number of hydrogen-bond donors (Lipinski definition) is 2. The summed E-state index contributed by atoms with van der Waals surface area (Å²) in [6.45, 7) is 5.00. The first-order valence-electron chi connectivity index (χ1n) is 6.09. The fraction of sp³-hybridized carbons (Fsp3) is 0.357. The van der Waals surface area contributed by atoms with Crippen molar-refractivity contribution in [2.75, 3.05) is 7.11 Å². The number of ether oxygens (including phenoxy) is 1. The summed E-state index contributed by atoms with van der Waals surface area (Å²) in [5.74, 6) is 2.14. The molecule has 1 heterocycles. The van der Waals surface area contributed by atoms with E-state index in [0.29, 0.717) is 24.7 Å². The molecule has 0 spiro atoms. The van der Waals surface area contributed by atoms with Gasteiger partial charge in [0.05, 0.1) is 19.3 Å². The van der Waals surface area contributed by atoms with Crippen LogP contribution in [-0.2, 0) is 13.1 Å². The molecular formula is C14H18N2O3. The number of aromatic nitrogens is 1. The highest BCUT2D eigenvalue weighted by atomic mass is 16.5. The molecule has 0 saturated carbocycles. The first kappa shape index (κ1) is 13.4. The number of oxazole rings is 1. The first-order chi connectivity index (χ1) is 9.10. The van der Waals surface area contributed by atoms with Crippen LogP contribution in [0.5, 0.6) is 11.5 Å². The number of phenolic OH excluding ortho intramolecular Hbond substituents is 1. The van der Waals surface area contributed by atoms with E-state index in [1.807, 2.05) is 19.9 Å². The van der Waals surface area contributed by atoms with Gasteiger partial charge in [0.2, 0.25) is 5.89 Å². The standard InChI is InChI=1S/C14H18N2O3/c1-9-10(2)19-14(16-9)8-15-7-11-4-5-13(18-3)12(17)6-11/h4-6,15,17H,7-8H2,1-3H3.